The van der Waals surface area contributed by atoms with Crippen LogP contribution in [0.5, 0.6) is 11.5 Å². The third kappa shape index (κ3) is 5.53. The molecular weight excluding hydrogens is 504 g/mol. The molecule has 0 heterocycles. The van der Waals surface area contributed by atoms with Crippen molar-refractivity contribution in [1.82, 2.24) is 0 Å². The van der Waals surface area contributed by atoms with Gasteiger partial charge in [-0.3, -0.25) is 0 Å². The van der Waals surface area contributed by atoms with Gasteiger partial charge >= 0.3 is 0 Å². The van der Waals surface area contributed by atoms with Gasteiger partial charge in [0.05, 0.1) is 0 Å². The minimum Gasteiger partial charge on any atom is -0.490 e. The molecule has 4 heteroatoms. The van der Waals surface area contributed by atoms with Crippen molar-refractivity contribution in [3.8, 4) is 33.8 Å². The van der Waals surface area contributed by atoms with E-state index in [0.29, 0.717) is 13.2 Å². The summed E-state index contributed by atoms with van der Waals surface area (Å²) < 4.78 is 13.8. The zero-order valence-electron chi connectivity index (χ0n) is 16.2. The molecular formula is C26H20Br2O2. The van der Waals surface area contributed by atoms with Gasteiger partial charge in [-0.1, -0.05) is 80.4 Å². The Bertz CT molecular complexity index is 981. The second kappa shape index (κ2) is 9.96. The predicted molar refractivity (Wildman–Crippen MR) is 130 cm³/mol. The molecule has 4 aromatic rings. The SMILES string of the molecule is Brc1ccc(-c2ccc(OCCOc3ccc(-c4ccc(Br)cc4)cc3)cc2)cc1. The van der Waals surface area contributed by atoms with Crippen LogP contribution in [0.4, 0.5) is 0 Å². The Morgan fingerprint density at radius 2 is 0.667 bits per heavy atom. The molecule has 4 aromatic carbocycles. The van der Waals surface area contributed by atoms with Crippen molar-refractivity contribution >= 4 is 31.9 Å². The fourth-order valence-electron chi connectivity index (χ4n) is 3.09. The fraction of sp³-hybridized carbons (Fsp3) is 0.0769. The number of rotatable bonds is 7. The van der Waals surface area contributed by atoms with Gasteiger partial charge in [0.15, 0.2) is 0 Å². The molecule has 0 unspecified atom stereocenters. The van der Waals surface area contributed by atoms with Crippen molar-refractivity contribution in [2.45, 2.75) is 0 Å². The lowest BCUT2D eigenvalue weighted by atomic mass is 10.1. The van der Waals surface area contributed by atoms with Crippen molar-refractivity contribution < 1.29 is 9.47 Å². The first-order chi connectivity index (χ1) is 14.7. The molecule has 30 heavy (non-hydrogen) atoms. The van der Waals surface area contributed by atoms with Crippen LogP contribution in [0.1, 0.15) is 0 Å². The number of hydrogen-bond acceptors (Lipinski definition) is 2. The highest BCUT2D eigenvalue weighted by Crippen LogP contribution is 2.25. The molecule has 0 aliphatic rings. The van der Waals surface area contributed by atoms with E-state index in [1.54, 1.807) is 0 Å². The largest absolute Gasteiger partial charge is 0.490 e. The Morgan fingerprint density at radius 3 is 0.967 bits per heavy atom. The van der Waals surface area contributed by atoms with Crippen LogP contribution in [0, 0.1) is 0 Å². The van der Waals surface area contributed by atoms with Gasteiger partial charge in [0, 0.05) is 8.95 Å². The molecule has 0 aliphatic heterocycles. The van der Waals surface area contributed by atoms with E-state index in [1.165, 1.54) is 11.1 Å². The molecule has 150 valence electrons. The number of ether oxygens (including phenoxy) is 2. The van der Waals surface area contributed by atoms with Gasteiger partial charge in [-0.2, -0.15) is 0 Å². The third-order valence-electron chi connectivity index (χ3n) is 4.68. The summed E-state index contributed by atoms with van der Waals surface area (Å²) in [5.74, 6) is 1.68. The van der Waals surface area contributed by atoms with Crippen LogP contribution >= 0.6 is 31.9 Å². The van der Waals surface area contributed by atoms with E-state index in [1.807, 2.05) is 48.5 Å². The van der Waals surface area contributed by atoms with E-state index in [9.17, 15) is 0 Å². The third-order valence-corrected chi connectivity index (χ3v) is 5.74. The quantitative estimate of drug-likeness (QED) is 0.228. The summed E-state index contributed by atoms with van der Waals surface area (Å²) in [5.41, 5.74) is 4.69. The Kier molecular flexibility index (Phi) is 6.88. The number of halogens is 2. The van der Waals surface area contributed by atoms with E-state index in [0.717, 1.165) is 31.6 Å². The van der Waals surface area contributed by atoms with E-state index >= 15 is 0 Å². The zero-order valence-corrected chi connectivity index (χ0v) is 19.4. The lowest BCUT2D eigenvalue weighted by Gasteiger charge is -2.10. The van der Waals surface area contributed by atoms with Gasteiger partial charge in [0.1, 0.15) is 24.7 Å². The minimum absolute atomic E-state index is 0.492. The van der Waals surface area contributed by atoms with Crippen LogP contribution in [0.25, 0.3) is 22.3 Å². The van der Waals surface area contributed by atoms with Crippen molar-refractivity contribution in [2.24, 2.45) is 0 Å². The Labute approximate surface area is 193 Å². The molecule has 0 aliphatic carbocycles. The highest BCUT2D eigenvalue weighted by Gasteiger charge is 2.01. The molecule has 0 amide bonds. The molecule has 0 radical (unpaired) electrons. The zero-order chi connectivity index (χ0) is 20.8. The lowest BCUT2D eigenvalue weighted by molar-refractivity contribution is 0.217. The molecule has 0 spiro atoms. The van der Waals surface area contributed by atoms with Gasteiger partial charge in [-0.05, 0) is 70.8 Å². The summed E-state index contributed by atoms with van der Waals surface area (Å²) in [6.07, 6.45) is 0. The maximum Gasteiger partial charge on any atom is 0.122 e. The number of benzene rings is 4. The van der Waals surface area contributed by atoms with Gasteiger partial charge in [-0.25, -0.2) is 0 Å². The van der Waals surface area contributed by atoms with Crippen LogP contribution in [-0.2, 0) is 0 Å². The first-order valence-electron chi connectivity index (χ1n) is 9.65. The van der Waals surface area contributed by atoms with E-state index in [2.05, 4.69) is 80.4 Å². The monoisotopic (exact) mass is 522 g/mol. The highest BCUT2D eigenvalue weighted by atomic mass is 79.9. The van der Waals surface area contributed by atoms with E-state index < -0.39 is 0 Å². The molecule has 0 saturated carbocycles. The molecule has 4 rings (SSSR count). The molecule has 0 bridgehead atoms. The Hall–Kier alpha value is -2.56. The van der Waals surface area contributed by atoms with Crippen LogP contribution in [0.15, 0.2) is 106 Å². The van der Waals surface area contributed by atoms with Gasteiger partial charge in [-0.15, -0.1) is 0 Å². The summed E-state index contributed by atoms with van der Waals surface area (Å²) in [7, 11) is 0. The van der Waals surface area contributed by atoms with Crippen LogP contribution in [0.3, 0.4) is 0 Å². The first-order valence-corrected chi connectivity index (χ1v) is 11.2. The van der Waals surface area contributed by atoms with Crippen molar-refractivity contribution in [2.75, 3.05) is 13.2 Å². The van der Waals surface area contributed by atoms with Crippen LogP contribution in [-0.4, -0.2) is 13.2 Å². The standard InChI is InChI=1S/C26H20Br2O2/c27-23-9-1-19(2-10-23)21-5-13-25(14-6-21)29-17-18-30-26-15-7-22(8-16-26)20-3-11-24(28)12-4-20/h1-16H,17-18H2. The summed E-state index contributed by atoms with van der Waals surface area (Å²) in [5, 5.41) is 0. The summed E-state index contributed by atoms with van der Waals surface area (Å²) in [4.78, 5) is 0. The maximum atomic E-state index is 5.81. The highest BCUT2D eigenvalue weighted by molar-refractivity contribution is 9.10. The summed E-state index contributed by atoms with van der Waals surface area (Å²) in [6.45, 7) is 0.984. The average Bonchev–Trinajstić information content (AvgIpc) is 2.79. The second-order valence-corrected chi connectivity index (χ2v) is 8.59. The van der Waals surface area contributed by atoms with Crippen molar-refractivity contribution in [1.29, 1.82) is 0 Å². The molecule has 0 saturated heterocycles. The van der Waals surface area contributed by atoms with Crippen molar-refractivity contribution in [3.05, 3.63) is 106 Å². The van der Waals surface area contributed by atoms with Gasteiger partial charge in [0.25, 0.3) is 0 Å². The molecule has 0 N–H and O–H groups in total. The minimum atomic E-state index is 0.492. The van der Waals surface area contributed by atoms with Crippen LogP contribution < -0.4 is 9.47 Å². The fourth-order valence-corrected chi connectivity index (χ4v) is 3.62. The summed E-state index contributed by atoms with van der Waals surface area (Å²) in [6, 6.07) is 32.8. The van der Waals surface area contributed by atoms with Crippen molar-refractivity contribution in [3.63, 3.8) is 0 Å². The Morgan fingerprint density at radius 1 is 0.400 bits per heavy atom. The van der Waals surface area contributed by atoms with Gasteiger partial charge < -0.3 is 9.47 Å². The number of hydrogen-bond donors (Lipinski definition) is 0. The topological polar surface area (TPSA) is 18.5 Å². The van der Waals surface area contributed by atoms with E-state index in [-0.39, 0.29) is 0 Å². The van der Waals surface area contributed by atoms with Gasteiger partial charge in [0.2, 0.25) is 0 Å². The maximum absolute atomic E-state index is 5.81. The molecule has 0 aromatic heterocycles. The predicted octanol–water partition coefficient (Wildman–Crippen LogP) is 8.00. The molecule has 0 fully saturated rings. The van der Waals surface area contributed by atoms with E-state index in [4.69, 9.17) is 9.47 Å². The molecule has 0 atom stereocenters. The second-order valence-electron chi connectivity index (χ2n) is 6.76. The lowest BCUT2D eigenvalue weighted by Crippen LogP contribution is -2.08. The normalized spacial score (nSPS) is 10.6. The first kappa shape index (κ1) is 20.7. The van der Waals surface area contributed by atoms with Crippen LogP contribution in [0.2, 0.25) is 0 Å². The average molecular weight is 524 g/mol. The summed E-state index contributed by atoms with van der Waals surface area (Å²) >= 11 is 6.93. The molecule has 2 nitrogen and oxygen atoms in total. The Balaban J connectivity index is 1.25. The smallest absolute Gasteiger partial charge is 0.122 e.